The van der Waals surface area contributed by atoms with Gasteiger partial charge in [-0.05, 0) is 56.1 Å². The van der Waals surface area contributed by atoms with Gasteiger partial charge in [0.15, 0.2) is 0 Å². The molecule has 0 spiro atoms. The lowest BCUT2D eigenvalue weighted by Gasteiger charge is -2.30. The van der Waals surface area contributed by atoms with Gasteiger partial charge in [0.2, 0.25) is 0 Å². The molecule has 1 saturated heterocycles. The number of piperidine rings is 1. The minimum absolute atomic E-state index is 0.125. The van der Waals surface area contributed by atoms with Crippen molar-refractivity contribution in [1.29, 1.82) is 0 Å². The Bertz CT molecular complexity index is 1000. The van der Waals surface area contributed by atoms with E-state index in [1.165, 1.54) is 6.07 Å². The fourth-order valence-corrected chi connectivity index (χ4v) is 3.98. The van der Waals surface area contributed by atoms with Crippen LogP contribution in [0.3, 0.4) is 0 Å². The van der Waals surface area contributed by atoms with Crippen molar-refractivity contribution in [2.24, 2.45) is 13.0 Å². The molecule has 0 amide bonds. The normalized spacial score (nSPS) is 16.0. The lowest BCUT2D eigenvalue weighted by Crippen LogP contribution is -2.36. The van der Waals surface area contributed by atoms with E-state index in [1.807, 2.05) is 12.1 Å². The van der Waals surface area contributed by atoms with Crippen LogP contribution in [0.15, 0.2) is 36.8 Å². The van der Waals surface area contributed by atoms with Crippen LogP contribution in [0, 0.1) is 11.7 Å². The minimum Gasteiger partial charge on any atom is -0.304 e. The Morgan fingerprint density at radius 3 is 2.64 bits per heavy atom. The maximum absolute atomic E-state index is 14.5. The Morgan fingerprint density at radius 2 is 1.96 bits per heavy atom. The summed E-state index contributed by atoms with van der Waals surface area (Å²) in [6.07, 6.45) is 7.30. The molecule has 3 heterocycles. The van der Waals surface area contributed by atoms with E-state index >= 15 is 0 Å². The van der Waals surface area contributed by atoms with Crippen molar-refractivity contribution >= 4 is 16.6 Å². The number of fused-ring (bicyclic) bond motifs is 1. The van der Waals surface area contributed by atoms with Crippen molar-refractivity contribution < 1.29 is 9.18 Å². The molecule has 3 aromatic rings. The predicted octanol–water partition coefficient (Wildman–Crippen LogP) is 3.62. The number of benzene rings is 1. The molecule has 0 saturated carbocycles. The number of nitrogens with zero attached hydrogens (tertiary/aromatic N) is 4. The molecule has 1 aliphatic heterocycles. The summed E-state index contributed by atoms with van der Waals surface area (Å²) in [6.45, 7) is 5.18. The lowest BCUT2D eigenvalue weighted by molar-refractivity contribution is -0.123. The van der Waals surface area contributed by atoms with Crippen LogP contribution < -0.4 is 0 Å². The number of halogens is 1. The molecule has 1 fully saturated rings. The molecule has 28 heavy (non-hydrogen) atoms. The summed E-state index contributed by atoms with van der Waals surface area (Å²) in [5.74, 6) is 0.0884. The van der Waals surface area contributed by atoms with Gasteiger partial charge < -0.3 is 4.90 Å². The number of hydrogen-bond acceptors (Lipinski definition) is 4. The van der Waals surface area contributed by atoms with Crippen LogP contribution in [0.4, 0.5) is 4.39 Å². The van der Waals surface area contributed by atoms with Crippen molar-refractivity contribution in [2.75, 3.05) is 19.6 Å². The maximum atomic E-state index is 14.5. The van der Waals surface area contributed by atoms with Crippen LogP contribution in [0.1, 0.15) is 25.5 Å². The molecule has 0 atom stereocenters. The highest BCUT2D eigenvalue weighted by Gasteiger charge is 2.24. The molecule has 6 heteroatoms. The average molecular weight is 380 g/mol. The quantitative estimate of drug-likeness (QED) is 0.678. The Hall–Kier alpha value is -2.60. The van der Waals surface area contributed by atoms with Crippen molar-refractivity contribution in [3.05, 3.63) is 48.3 Å². The first-order valence-electron chi connectivity index (χ1n) is 9.85. The SMILES string of the molecule is CCN1CCC(C(=O)Cc2cc3cc(-c4cnn(C)c4)c(F)cc3cn2)CC1. The third-order valence-corrected chi connectivity index (χ3v) is 5.73. The summed E-state index contributed by atoms with van der Waals surface area (Å²) < 4.78 is 16.2. The van der Waals surface area contributed by atoms with Crippen LogP contribution >= 0.6 is 0 Å². The Morgan fingerprint density at radius 1 is 1.18 bits per heavy atom. The summed E-state index contributed by atoms with van der Waals surface area (Å²) in [6, 6.07) is 5.22. The van der Waals surface area contributed by atoms with Gasteiger partial charge >= 0.3 is 0 Å². The molecule has 1 aromatic carbocycles. The average Bonchev–Trinajstić information content (AvgIpc) is 3.13. The summed E-state index contributed by atoms with van der Waals surface area (Å²) >= 11 is 0. The number of aromatic nitrogens is 3. The molecule has 4 rings (SSSR count). The Kier molecular flexibility index (Phi) is 5.22. The number of aryl methyl sites for hydroxylation is 1. The Labute approximate surface area is 164 Å². The molecule has 0 aliphatic carbocycles. The standard InChI is InChI=1S/C22H25FN4O/c1-3-27-6-4-15(5-7-27)22(28)11-19-8-16-9-20(18-13-25-26(2)14-18)21(23)10-17(16)12-24-19/h8-10,12-15H,3-7,11H2,1-2H3. The van der Waals surface area contributed by atoms with Gasteiger partial charge in [-0.3, -0.25) is 14.5 Å². The minimum atomic E-state index is -0.297. The predicted molar refractivity (Wildman–Crippen MR) is 107 cm³/mol. The molecular weight excluding hydrogens is 355 g/mol. The number of pyridine rings is 1. The molecule has 0 N–H and O–H groups in total. The number of Topliss-reactive ketones (excluding diaryl/α,β-unsaturated/α-hetero) is 1. The smallest absolute Gasteiger partial charge is 0.142 e. The first-order chi connectivity index (χ1) is 13.5. The van der Waals surface area contributed by atoms with Gasteiger partial charge in [0.1, 0.15) is 11.6 Å². The van der Waals surface area contributed by atoms with Crippen molar-refractivity contribution in [3.8, 4) is 11.1 Å². The van der Waals surface area contributed by atoms with Crippen LogP contribution in [0.2, 0.25) is 0 Å². The molecular formula is C22H25FN4O. The van der Waals surface area contributed by atoms with Gasteiger partial charge in [-0.15, -0.1) is 0 Å². The second-order valence-corrected chi connectivity index (χ2v) is 7.61. The number of hydrogen-bond donors (Lipinski definition) is 0. The zero-order valence-electron chi connectivity index (χ0n) is 16.4. The highest BCUT2D eigenvalue weighted by Crippen LogP contribution is 2.28. The van der Waals surface area contributed by atoms with Gasteiger partial charge in [-0.1, -0.05) is 6.92 Å². The topological polar surface area (TPSA) is 51.0 Å². The number of ketones is 1. The molecule has 1 aliphatic rings. The zero-order chi connectivity index (χ0) is 19.7. The fourth-order valence-electron chi connectivity index (χ4n) is 3.98. The molecule has 0 unspecified atom stereocenters. The number of rotatable bonds is 5. The van der Waals surface area contributed by atoms with Crippen LogP contribution in [-0.4, -0.2) is 45.1 Å². The van der Waals surface area contributed by atoms with E-state index in [2.05, 4.69) is 21.9 Å². The van der Waals surface area contributed by atoms with Crippen LogP contribution in [-0.2, 0) is 18.3 Å². The van der Waals surface area contributed by atoms with Gasteiger partial charge in [-0.25, -0.2) is 4.39 Å². The van der Waals surface area contributed by atoms with E-state index in [4.69, 9.17) is 0 Å². The van der Waals surface area contributed by atoms with E-state index in [-0.39, 0.29) is 17.5 Å². The second kappa shape index (κ2) is 7.80. The first kappa shape index (κ1) is 18.7. The van der Waals surface area contributed by atoms with E-state index in [9.17, 15) is 9.18 Å². The van der Waals surface area contributed by atoms with Crippen molar-refractivity contribution in [2.45, 2.75) is 26.2 Å². The third-order valence-electron chi connectivity index (χ3n) is 5.73. The third kappa shape index (κ3) is 3.83. The molecule has 0 bridgehead atoms. The number of carbonyl (C=O) groups is 1. The Balaban J connectivity index is 1.55. The molecule has 146 valence electrons. The van der Waals surface area contributed by atoms with Crippen LogP contribution in [0.5, 0.6) is 0 Å². The first-order valence-corrected chi connectivity index (χ1v) is 9.85. The van der Waals surface area contributed by atoms with Crippen molar-refractivity contribution in [1.82, 2.24) is 19.7 Å². The molecule has 2 aromatic heterocycles. The molecule has 5 nitrogen and oxygen atoms in total. The number of carbonyl (C=O) groups excluding carboxylic acids is 1. The van der Waals surface area contributed by atoms with E-state index in [0.717, 1.165) is 54.5 Å². The highest BCUT2D eigenvalue weighted by atomic mass is 19.1. The van der Waals surface area contributed by atoms with Crippen molar-refractivity contribution in [3.63, 3.8) is 0 Å². The summed E-state index contributed by atoms with van der Waals surface area (Å²) in [7, 11) is 1.81. The summed E-state index contributed by atoms with van der Waals surface area (Å²) in [5, 5.41) is 5.75. The van der Waals surface area contributed by atoms with E-state index in [0.29, 0.717) is 12.0 Å². The highest BCUT2D eigenvalue weighted by molar-refractivity contribution is 5.89. The van der Waals surface area contributed by atoms with Crippen LogP contribution in [0.25, 0.3) is 21.9 Å². The fraction of sp³-hybridized carbons (Fsp3) is 0.409. The zero-order valence-corrected chi connectivity index (χ0v) is 16.4. The van der Waals surface area contributed by atoms with E-state index < -0.39 is 0 Å². The second-order valence-electron chi connectivity index (χ2n) is 7.61. The van der Waals surface area contributed by atoms with Gasteiger partial charge in [0.05, 0.1) is 6.20 Å². The maximum Gasteiger partial charge on any atom is 0.142 e. The van der Waals surface area contributed by atoms with Gasteiger partial charge in [-0.2, -0.15) is 5.10 Å². The monoisotopic (exact) mass is 380 g/mol. The van der Waals surface area contributed by atoms with Gasteiger partial charge in [0.25, 0.3) is 0 Å². The largest absolute Gasteiger partial charge is 0.304 e. The summed E-state index contributed by atoms with van der Waals surface area (Å²) in [4.78, 5) is 19.5. The lowest BCUT2D eigenvalue weighted by atomic mass is 9.90. The molecule has 0 radical (unpaired) electrons. The van der Waals surface area contributed by atoms with E-state index in [1.54, 1.807) is 30.3 Å². The summed E-state index contributed by atoms with van der Waals surface area (Å²) in [5.41, 5.74) is 1.99. The number of likely N-dealkylation sites (tertiary alicyclic amines) is 1. The van der Waals surface area contributed by atoms with Gasteiger partial charge in [0, 0.05) is 54.0 Å².